The molecule has 2 aromatic carbocycles. The largest absolute Gasteiger partial charge is 0.339 e. The number of hydrogen-bond acceptors (Lipinski definition) is 3. The summed E-state index contributed by atoms with van der Waals surface area (Å²) in [6.45, 7) is 6.32. The van der Waals surface area contributed by atoms with E-state index in [0.717, 1.165) is 32.9 Å². The predicted molar refractivity (Wildman–Crippen MR) is 110 cm³/mol. The molecule has 0 spiro atoms. The minimum absolute atomic E-state index is 0.814. The maximum absolute atomic E-state index is 4.84. The minimum atomic E-state index is 0.814. The predicted octanol–water partition coefficient (Wildman–Crippen LogP) is 5.83. The number of aryl methyl sites for hydroxylation is 3. The third-order valence-corrected chi connectivity index (χ3v) is 4.86. The normalized spacial score (nSPS) is 11.1. The number of nitrogens with zero attached hydrogens (tertiary/aromatic N) is 3. The van der Waals surface area contributed by atoms with Crippen LogP contribution in [-0.4, -0.2) is 14.4 Å². The Balaban J connectivity index is 1.93. The maximum Gasteiger partial charge on any atom is 0.157 e. The third-order valence-electron chi connectivity index (χ3n) is 4.37. The molecule has 26 heavy (non-hydrogen) atoms. The molecule has 2 heterocycles. The zero-order valence-electron chi connectivity index (χ0n) is 14.9. The van der Waals surface area contributed by atoms with Crippen LogP contribution in [-0.2, 0) is 0 Å². The van der Waals surface area contributed by atoms with E-state index in [1.807, 2.05) is 16.7 Å². The van der Waals surface area contributed by atoms with Crippen molar-refractivity contribution >= 4 is 33.1 Å². The summed E-state index contributed by atoms with van der Waals surface area (Å²) in [7, 11) is 0. The summed E-state index contributed by atoms with van der Waals surface area (Å²) in [4.78, 5) is 9.06. The van der Waals surface area contributed by atoms with Crippen LogP contribution in [0.4, 0.5) is 11.5 Å². The molecule has 0 bridgehead atoms. The summed E-state index contributed by atoms with van der Waals surface area (Å²) in [6.07, 6.45) is 5.49. The molecule has 0 saturated carbocycles. The Bertz CT molecular complexity index is 1090. The van der Waals surface area contributed by atoms with Crippen molar-refractivity contribution in [3.05, 3.63) is 76.2 Å². The van der Waals surface area contributed by atoms with E-state index in [9.17, 15) is 0 Å². The number of nitrogens with one attached hydrogen (secondary N) is 1. The Morgan fingerprint density at radius 2 is 1.77 bits per heavy atom. The van der Waals surface area contributed by atoms with Crippen molar-refractivity contribution in [2.24, 2.45) is 0 Å². The number of rotatable bonds is 3. The summed E-state index contributed by atoms with van der Waals surface area (Å²) >= 11 is 3.58. The number of benzene rings is 2. The van der Waals surface area contributed by atoms with E-state index in [-0.39, 0.29) is 0 Å². The highest BCUT2D eigenvalue weighted by Gasteiger charge is 2.16. The van der Waals surface area contributed by atoms with Gasteiger partial charge in [0.05, 0.1) is 6.20 Å². The van der Waals surface area contributed by atoms with Gasteiger partial charge in [-0.05, 0) is 61.7 Å². The molecule has 0 aliphatic carbocycles. The zero-order chi connectivity index (χ0) is 18.3. The fraction of sp³-hybridized carbons (Fsp3) is 0.143. The second-order valence-corrected chi connectivity index (χ2v) is 7.49. The van der Waals surface area contributed by atoms with Gasteiger partial charge in [-0.15, -0.1) is 0 Å². The van der Waals surface area contributed by atoms with E-state index in [2.05, 4.69) is 77.3 Å². The molecule has 4 nitrogen and oxygen atoms in total. The van der Waals surface area contributed by atoms with Crippen LogP contribution in [0, 0.1) is 20.8 Å². The smallest absolute Gasteiger partial charge is 0.157 e. The maximum atomic E-state index is 4.84. The molecule has 1 N–H and O–H groups in total. The quantitative estimate of drug-likeness (QED) is 0.465. The molecule has 0 radical (unpaired) electrons. The number of aromatic nitrogens is 3. The van der Waals surface area contributed by atoms with Crippen LogP contribution < -0.4 is 5.32 Å². The highest BCUT2D eigenvalue weighted by molar-refractivity contribution is 9.10. The lowest BCUT2D eigenvalue weighted by Crippen LogP contribution is -1.98. The van der Waals surface area contributed by atoms with Gasteiger partial charge in [-0.1, -0.05) is 28.1 Å². The molecule has 4 aromatic rings. The number of halogens is 1. The van der Waals surface area contributed by atoms with Crippen molar-refractivity contribution in [2.45, 2.75) is 20.8 Å². The van der Waals surface area contributed by atoms with Gasteiger partial charge in [0, 0.05) is 28.1 Å². The first-order chi connectivity index (χ1) is 12.5. The van der Waals surface area contributed by atoms with Crippen molar-refractivity contribution in [3.63, 3.8) is 0 Å². The fourth-order valence-electron chi connectivity index (χ4n) is 3.25. The van der Waals surface area contributed by atoms with Gasteiger partial charge in [0.1, 0.15) is 11.5 Å². The molecule has 0 fully saturated rings. The van der Waals surface area contributed by atoms with Gasteiger partial charge in [-0.3, -0.25) is 9.38 Å². The monoisotopic (exact) mass is 406 g/mol. The molecule has 130 valence electrons. The summed E-state index contributed by atoms with van der Waals surface area (Å²) in [6, 6.07) is 12.7. The van der Waals surface area contributed by atoms with Crippen molar-refractivity contribution in [3.8, 4) is 11.3 Å². The molecule has 0 unspecified atom stereocenters. The van der Waals surface area contributed by atoms with Crippen molar-refractivity contribution in [1.29, 1.82) is 0 Å². The molecular weight excluding hydrogens is 388 g/mol. The Morgan fingerprint density at radius 1 is 1.00 bits per heavy atom. The van der Waals surface area contributed by atoms with E-state index < -0.39 is 0 Å². The highest BCUT2D eigenvalue weighted by atomic mass is 79.9. The summed E-state index contributed by atoms with van der Waals surface area (Å²) in [5, 5.41) is 3.58. The van der Waals surface area contributed by atoms with E-state index in [1.165, 1.54) is 16.7 Å². The number of anilines is 2. The van der Waals surface area contributed by atoms with Crippen LogP contribution in [0.2, 0.25) is 0 Å². The molecule has 2 aromatic heterocycles. The molecule has 0 aliphatic heterocycles. The second-order valence-electron chi connectivity index (χ2n) is 6.57. The van der Waals surface area contributed by atoms with Gasteiger partial charge in [0.2, 0.25) is 0 Å². The second kappa shape index (κ2) is 6.57. The Kier molecular flexibility index (Phi) is 4.24. The van der Waals surface area contributed by atoms with Crippen molar-refractivity contribution in [2.75, 3.05) is 5.32 Å². The molecule has 0 amide bonds. The molecular formula is C21H19BrN4. The van der Waals surface area contributed by atoms with Crippen LogP contribution in [0.25, 0.3) is 16.9 Å². The SMILES string of the molecule is Cc1cc(C)cc(Nc2c(-c3cc(Br)ccc3C)nc3cnccn23)c1. The molecule has 4 rings (SSSR count). The van der Waals surface area contributed by atoms with Crippen molar-refractivity contribution in [1.82, 2.24) is 14.4 Å². The Labute approximate surface area is 161 Å². The molecule has 0 saturated heterocycles. The lowest BCUT2D eigenvalue weighted by Gasteiger charge is -2.12. The van der Waals surface area contributed by atoms with Gasteiger partial charge in [0.15, 0.2) is 5.65 Å². The highest BCUT2D eigenvalue weighted by Crippen LogP contribution is 2.34. The third kappa shape index (κ3) is 3.10. The average molecular weight is 407 g/mol. The van der Waals surface area contributed by atoms with E-state index in [4.69, 9.17) is 4.98 Å². The zero-order valence-corrected chi connectivity index (χ0v) is 16.5. The first-order valence-corrected chi connectivity index (χ1v) is 9.24. The van der Waals surface area contributed by atoms with Crippen LogP contribution in [0.15, 0.2) is 59.5 Å². The average Bonchev–Trinajstić information content (AvgIpc) is 2.95. The van der Waals surface area contributed by atoms with Gasteiger partial charge >= 0.3 is 0 Å². The summed E-state index contributed by atoms with van der Waals surface area (Å²) in [5.74, 6) is 0.939. The lowest BCUT2D eigenvalue weighted by atomic mass is 10.1. The molecule has 0 atom stereocenters. The minimum Gasteiger partial charge on any atom is -0.339 e. The summed E-state index contributed by atoms with van der Waals surface area (Å²) < 4.78 is 3.08. The first kappa shape index (κ1) is 16.8. The van der Waals surface area contributed by atoms with Gasteiger partial charge in [-0.25, -0.2) is 4.98 Å². The van der Waals surface area contributed by atoms with Crippen LogP contribution in [0.3, 0.4) is 0 Å². The lowest BCUT2D eigenvalue weighted by molar-refractivity contribution is 1.13. The van der Waals surface area contributed by atoms with Crippen LogP contribution >= 0.6 is 15.9 Å². The number of fused-ring (bicyclic) bond motifs is 1. The summed E-state index contributed by atoms with van der Waals surface area (Å²) in [5.41, 5.74) is 7.49. The van der Waals surface area contributed by atoms with Crippen LogP contribution in [0.5, 0.6) is 0 Å². The van der Waals surface area contributed by atoms with Crippen molar-refractivity contribution < 1.29 is 0 Å². The van der Waals surface area contributed by atoms with Gasteiger partial charge in [-0.2, -0.15) is 0 Å². The fourth-order valence-corrected chi connectivity index (χ4v) is 3.61. The Morgan fingerprint density at radius 3 is 2.54 bits per heavy atom. The van der Waals surface area contributed by atoms with Gasteiger partial charge in [0.25, 0.3) is 0 Å². The standard InChI is InChI=1S/C21H19BrN4/c1-13-8-14(2)10-17(9-13)24-21-20(18-11-16(22)5-4-15(18)3)25-19-12-23-6-7-26(19)21/h4-12,24H,1-3H3. The molecule has 5 heteroatoms. The number of imidazole rings is 1. The van der Waals surface area contributed by atoms with Gasteiger partial charge < -0.3 is 5.32 Å². The van der Waals surface area contributed by atoms with E-state index in [1.54, 1.807) is 12.4 Å². The van der Waals surface area contributed by atoms with E-state index >= 15 is 0 Å². The van der Waals surface area contributed by atoms with Crippen LogP contribution in [0.1, 0.15) is 16.7 Å². The number of hydrogen-bond donors (Lipinski definition) is 1. The topological polar surface area (TPSA) is 42.2 Å². The Hall–Kier alpha value is -2.66. The molecule has 0 aliphatic rings. The van der Waals surface area contributed by atoms with E-state index in [0.29, 0.717) is 0 Å². The first-order valence-electron chi connectivity index (χ1n) is 8.45.